The Labute approximate surface area is 130 Å². The Kier molecular flexibility index (Phi) is 5.25. The first-order chi connectivity index (χ1) is 9.53. The first-order valence-electron chi connectivity index (χ1n) is 7.49. The number of amides is 1. The second-order valence-corrected chi connectivity index (χ2v) is 7.21. The van der Waals surface area contributed by atoms with Crippen molar-refractivity contribution in [2.24, 2.45) is 11.3 Å². The van der Waals surface area contributed by atoms with Crippen LogP contribution in [-0.2, 0) is 11.2 Å². The number of anilines is 1. The molecule has 1 fully saturated rings. The maximum Gasteiger partial charge on any atom is 0.228 e. The maximum absolute atomic E-state index is 12.4. The minimum atomic E-state index is 0.137. The first-order valence-corrected chi connectivity index (χ1v) is 8.61. The Morgan fingerprint density at radius 1 is 1.45 bits per heavy atom. The lowest BCUT2D eigenvalue weighted by Crippen LogP contribution is -2.30. The van der Waals surface area contributed by atoms with Gasteiger partial charge in [-0.3, -0.25) is 4.79 Å². The molecule has 3 heteroatoms. The molecule has 1 unspecified atom stereocenters. The number of halogens is 1. The van der Waals surface area contributed by atoms with Crippen LogP contribution in [0.15, 0.2) is 24.3 Å². The molecule has 0 aromatic heterocycles. The van der Waals surface area contributed by atoms with Crippen molar-refractivity contribution in [3.05, 3.63) is 29.8 Å². The van der Waals surface area contributed by atoms with E-state index < -0.39 is 0 Å². The minimum absolute atomic E-state index is 0.137. The second kappa shape index (κ2) is 6.75. The van der Waals surface area contributed by atoms with Crippen LogP contribution in [-0.4, -0.2) is 11.2 Å². The highest BCUT2D eigenvalue weighted by molar-refractivity contribution is 9.09. The Hall–Kier alpha value is -0.830. The zero-order chi connectivity index (χ0) is 14.6. The molecule has 1 aromatic rings. The van der Waals surface area contributed by atoms with E-state index in [1.54, 1.807) is 0 Å². The summed E-state index contributed by atoms with van der Waals surface area (Å²) >= 11 is 3.45. The number of alkyl halides is 1. The summed E-state index contributed by atoms with van der Waals surface area (Å²) in [5.41, 5.74) is 2.36. The van der Waals surface area contributed by atoms with Gasteiger partial charge < -0.3 is 5.32 Å². The third kappa shape index (κ3) is 3.85. The molecule has 110 valence electrons. The van der Waals surface area contributed by atoms with Crippen molar-refractivity contribution in [2.45, 2.75) is 46.0 Å². The fraction of sp³-hybridized carbons (Fsp3) is 0.588. The van der Waals surface area contributed by atoms with E-state index in [4.69, 9.17) is 0 Å². The Bertz CT molecular complexity index is 470. The average Bonchev–Trinajstić information content (AvgIpc) is 2.76. The van der Waals surface area contributed by atoms with Gasteiger partial charge in [0.05, 0.1) is 0 Å². The van der Waals surface area contributed by atoms with Crippen molar-refractivity contribution in [3.8, 4) is 0 Å². The Morgan fingerprint density at radius 2 is 2.25 bits per heavy atom. The lowest BCUT2D eigenvalue weighted by atomic mass is 9.81. The SMILES string of the molecule is CC1(C)CCCC1C(=O)Nc1cccc(CCCBr)c1. The van der Waals surface area contributed by atoms with Crippen LogP contribution in [0.3, 0.4) is 0 Å². The third-order valence-electron chi connectivity index (χ3n) is 4.37. The van der Waals surface area contributed by atoms with Gasteiger partial charge in [-0.1, -0.05) is 48.3 Å². The predicted octanol–water partition coefficient (Wildman–Crippen LogP) is 4.78. The van der Waals surface area contributed by atoms with Crippen LogP contribution in [0.1, 0.15) is 45.1 Å². The summed E-state index contributed by atoms with van der Waals surface area (Å²) in [6, 6.07) is 8.23. The number of carbonyl (C=O) groups excluding carboxylic acids is 1. The molecule has 2 nitrogen and oxygen atoms in total. The Morgan fingerprint density at radius 3 is 2.90 bits per heavy atom. The number of benzene rings is 1. The molecule has 0 heterocycles. The van der Waals surface area contributed by atoms with E-state index in [1.807, 2.05) is 12.1 Å². The molecule has 1 saturated carbocycles. The summed E-state index contributed by atoms with van der Waals surface area (Å²) in [6.07, 6.45) is 5.49. The zero-order valence-corrected chi connectivity index (χ0v) is 14.0. The van der Waals surface area contributed by atoms with Crippen LogP contribution in [0.5, 0.6) is 0 Å². The molecule has 1 atom stereocenters. The van der Waals surface area contributed by atoms with E-state index in [2.05, 4.69) is 47.2 Å². The van der Waals surface area contributed by atoms with Crippen molar-refractivity contribution in [2.75, 3.05) is 10.6 Å². The summed E-state index contributed by atoms with van der Waals surface area (Å²) in [4.78, 5) is 12.4. The van der Waals surface area contributed by atoms with Gasteiger partial charge in [-0.05, 0) is 48.8 Å². The standard InChI is InChI=1S/C17H24BrNO/c1-17(2)10-4-9-15(17)16(20)19-14-8-3-6-13(12-14)7-5-11-18/h3,6,8,12,15H,4-5,7,9-11H2,1-2H3,(H,19,20). The summed E-state index contributed by atoms with van der Waals surface area (Å²) in [5.74, 6) is 0.332. The summed E-state index contributed by atoms with van der Waals surface area (Å²) < 4.78 is 0. The fourth-order valence-corrected chi connectivity index (χ4v) is 3.40. The summed E-state index contributed by atoms with van der Waals surface area (Å²) in [6.45, 7) is 4.41. The van der Waals surface area contributed by atoms with Gasteiger partial charge in [0.25, 0.3) is 0 Å². The molecule has 1 N–H and O–H groups in total. The van der Waals surface area contributed by atoms with Gasteiger partial charge in [0.2, 0.25) is 5.91 Å². The van der Waals surface area contributed by atoms with Gasteiger partial charge in [0.15, 0.2) is 0 Å². The number of carbonyl (C=O) groups is 1. The van der Waals surface area contributed by atoms with Crippen LogP contribution in [0.25, 0.3) is 0 Å². The molecule has 0 saturated heterocycles. The van der Waals surface area contributed by atoms with E-state index in [0.29, 0.717) is 0 Å². The molecule has 2 rings (SSSR count). The van der Waals surface area contributed by atoms with Crippen molar-refractivity contribution >= 4 is 27.5 Å². The first kappa shape index (κ1) is 15.6. The lowest BCUT2D eigenvalue weighted by molar-refractivity contribution is -0.122. The van der Waals surface area contributed by atoms with Crippen LogP contribution >= 0.6 is 15.9 Å². The molecule has 0 bridgehead atoms. The van der Waals surface area contributed by atoms with E-state index >= 15 is 0 Å². The normalized spacial score (nSPS) is 20.9. The predicted molar refractivity (Wildman–Crippen MR) is 88.3 cm³/mol. The van der Waals surface area contributed by atoms with Crippen LogP contribution < -0.4 is 5.32 Å². The fourth-order valence-electron chi connectivity index (χ4n) is 3.12. The van der Waals surface area contributed by atoms with Crippen LogP contribution in [0.4, 0.5) is 5.69 Å². The molecule has 0 radical (unpaired) electrons. The summed E-state index contributed by atoms with van der Waals surface area (Å²) in [5, 5.41) is 4.12. The molecule has 1 aliphatic rings. The van der Waals surface area contributed by atoms with E-state index in [0.717, 1.165) is 43.1 Å². The van der Waals surface area contributed by atoms with Crippen molar-refractivity contribution in [1.29, 1.82) is 0 Å². The highest BCUT2D eigenvalue weighted by Crippen LogP contribution is 2.43. The minimum Gasteiger partial charge on any atom is -0.326 e. The number of rotatable bonds is 5. The number of hydrogen-bond acceptors (Lipinski definition) is 1. The molecular formula is C17H24BrNO. The van der Waals surface area contributed by atoms with Gasteiger partial charge >= 0.3 is 0 Å². The van der Waals surface area contributed by atoms with Gasteiger partial charge in [-0.25, -0.2) is 0 Å². The Balaban J connectivity index is 2.00. The topological polar surface area (TPSA) is 29.1 Å². The van der Waals surface area contributed by atoms with E-state index in [9.17, 15) is 4.79 Å². The molecule has 0 spiro atoms. The second-order valence-electron chi connectivity index (χ2n) is 6.42. The average molecular weight is 338 g/mol. The van der Waals surface area contributed by atoms with Gasteiger partial charge in [-0.15, -0.1) is 0 Å². The highest BCUT2D eigenvalue weighted by atomic mass is 79.9. The van der Waals surface area contributed by atoms with Crippen molar-refractivity contribution in [3.63, 3.8) is 0 Å². The quantitative estimate of drug-likeness (QED) is 0.769. The van der Waals surface area contributed by atoms with Crippen molar-refractivity contribution < 1.29 is 4.79 Å². The van der Waals surface area contributed by atoms with Gasteiger partial charge in [-0.2, -0.15) is 0 Å². The van der Waals surface area contributed by atoms with Crippen LogP contribution in [0.2, 0.25) is 0 Å². The summed E-state index contributed by atoms with van der Waals surface area (Å²) in [7, 11) is 0. The lowest BCUT2D eigenvalue weighted by Gasteiger charge is -2.25. The monoisotopic (exact) mass is 337 g/mol. The molecule has 20 heavy (non-hydrogen) atoms. The maximum atomic E-state index is 12.4. The highest BCUT2D eigenvalue weighted by Gasteiger charge is 2.39. The molecule has 1 amide bonds. The van der Waals surface area contributed by atoms with Gasteiger partial charge in [0, 0.05) is 16.9 Å². The zero-order valence-electron chi connectivity index (χ0n) is 12.4. The van der Waals surface area contributed by atoms with E-state index in [1.165, 1.54) is 5.56 Å². The molecule has 1 aromatic carbocycles. The van der Waals surface area contributed by atoms with Crippen LogP contribution in [0, 0.1) is 11.3 Å². The van der Waals surface area contributed by atoms with Crippen molar-refractivity contribution in [1.82, 2.24) is 0 Å². The largest absolute Gasteiger partial charge is 0.326 e. The number of hydrogen-bond donors (Lipinski definition) is 1. The molecule has 1 aliphatic carbocycles. The van der Waals surface area contributed by atoms with E-state index in [-0.39, 0.29) is 17.2 Å². The van der Waals surface area contributed by atoms with Gasteiger partial charge in [0.1, 0.15) is 0 Å². The molecule has 0 aliphatic heterocycles. The number of aryl methyl sites for hydroxylation is 1. The number of nitrogens with one attached hydrogen (secondary N) is 1. The smallest absolute Gasteiger partial charge is 0.228 e. The third-order valence-corrected chi connectivity index (χ3v) is 4.93. The molecular weight excluding hydrogens is 314 g/mol.